The monoisotopic (exact) mass is 382 g/mol. The number of urea groups is 1. The predicted octanol–water partition coefficient (Wildman–Crippen LogP) is 0.0650. The van der Waals surface area contributed by atoms with E-state index in [1.54, 1.807) is 26.0 Å². The van der Waals surface area contributed by atoms with Gasteiger partial charge < -0.3 is 20.7 Å². The van der Waals surface area contributed by atoms with Gasteiger partial charge in [0.2, 0.25) is 10.0 Å². The first-order valence-corrected chi connectivity index (χ1v) is 9.43. The maximum absolute atomic E-state index is 12.2. The van der Waals surface area contributed by atoms with E-state index in [2.05, 4.69) is 20.7 Å². The van der Waals surface area contributed by atoms with Crippen LogP contribution in [0.1, 0.15) is 13.8 Å². The number of carbonyl (C=O) groups excluding carboxylic acids is 2. The van der Waals surface area contributed by atoms with E-state index in [0.29, 0.717) is 17.0 Å². The number of rotatable bonds is 7. The maximum atomic E-state index is 12.2. The Morgan fingerprint density at radius 2 is 1.88 bits per heavy atom. The zero-order valence-electron chi connectivity index (χ0n) is 14.8. The zero-order valence-corrected chi connectivity index (χ0v) is 15.6. The van der Waals surface area contributed by atoms with Crippen LogP contribution in [-0.4, -0.2) is 46.6 Å². The summed E-state index contributed by atoms with van der Waals surface area (Å²) in [6.07, 6.45) is 0. The Labute approximate surface area is 152 Å². The fourth-order valence-electron chi connectivity index (χ4n) is 2.53. The Hall–Kier alpha value is -2.59. The summed E-state index contributed by atoms with van der Waals surface area (Å²) < 4.78 is 31.8. The van der Waals surface area contributed by atoms with Crippen molar-refractivity contribution in [1.29, 1.82) is 0 Å². The Kier molecular flexibility index (Phi) is 6.22. The lowest BCUT2D eigenvalue weighted by molar-refractivity contribution is -0.117. The molecular weight excluding hydrogens is 360 g/mol. The Bertz CT molecular complexity index is 818. The summed E-state index contributed by atoms with van der Waals surface area (Å²) in [5, 5.41) is 7.76. The SMILES string of the molecule is COc1ccc(S(=O)(=O)NCCNC(=O)C2=C(C)NC(=O)N[C@H]2C)cc1. The van der Waals surface area contributed by atoms with E-state index in [1.165, 1.54) is 19.2 Å². The van der Waals surface area contributed by atoms with Crippen molar-refractivity contribution < 1.29 is 22.7 Å². The number of allylic oxidation sites excluding steroid dienone is 1. The fourth-order valence-corrected chi connectivity index (χ4v) is 3.56. The predicted molar refractivity (Wildman–Crippen MR) is 95.0 cm³/mol. The highest BCUT2D eigenvalue weighted by molar-refractivity contribution is 7.89. The number of sulfonamides is 1. The molecule has 1 aromatic rings. The van der Waals surface area contributed by atoms with Crippen molar-refractivity contribution in [3.8, 4) is 5.75 Å². The van der Waals surface area contributed by atoms with Crippen molar-refractivity contribution >= 4 is 22.0 Å². The highest BCUT2D eigenvalue weighted by Crippen LogP contribution is 2.15. The second-order valence-corrected chi connectivity index (χ2v) is 7.45. The third-order valence-electron chi connectivity index (χ3n) is 3.80. The highest BCUT2D eigenvalue weighted by Gasteiger charge is 2.26. The van der Waals surface area contributed by atoms with Crippen LogP contribution in [0.2, 0.25) is 0 Å². The maximum Gasteiger partial charge on any atom is 0.319 e. The van der Waals surface area contributed by atoms with Gasteiger partial charge in [-0.1, -0.05) is 0 Å². The van der Waals surface area contributed by atoms with Crippen LogP contribution in [0.25, 0.3) is 0 Å². The summed E-state index contributed by atoms with van der Waals surface area (Å²) in [5.41, 5.74) is 0.875. The van der Waals surface area contributed by atoms with Crippen molar-refractivity contribution in [2.24, 2.45) is 0 Å². The quantitative estimate of drug-likeness (QED) is 0.497. The van der Waals surface area contributed by atoms with Gasteiger partial charge in [0.25, 0.3) is 5.91 Å². The molecule has 9 nitrogen and oxygen atoms in total. The lowest BCUT2D eigenvalue weighted by Crippen LogP contribution is -2.50. The minimum atomic E-state index is -3.68. The third-order valence-corrected chi connectivity index (χ3v) is 5.28. The van der Waals surface area contributed by atoms with Gasteiger partial charge in [-0.05, 0) is 38.1 Å². The molecule has 1 aliphatic rings. The molecule has 0 fully saturated rings. The number of amides is 3. The van der Waals surface area contributed by atoms with E-state index >= 15 is 0 Å². The number of carbonyl (C=O) groups is 2. The standard InChI is InChI=1S/C16H22N4O5S/c1-10-14(11(2)20-16(22)19-10)15(21)17-8-9-18-26(23,24)13-6-4-12(25-3)5-7-13/h4-7,10,18H,8-9H2,1-3H3,(H,17,21)(H2,19,20,22)/t10-/m0/s1. The molecule has 26 heavy (non-hydrogen) atoms. The number of nitrogens with one attached hydrogen (secondary N) is 4. The number of ether oxygens (including phenoxy) is 1. The summed E-state index contributed by atoms with van der Waals surface area (Å²) in [7, 11) is -2.18. The first-order chi connectivity index (χ1) is 12.2. The molecule has 0 unspecified atom stereocenters. The van der Waals surface area contributed by atoms with Crippen molar-refractivity contribution in [3.63, 3.8) is 0 Å². The lowest BCUT2D eigenvalue weighted by atomic mass is 10.0. The summed E-state index contributed by atoms with van der Waals surface area (Å²) in [6, 6.07) is 5.19. The van der Waals surface area contributed by atoms with Crippen LogP contribution >= 0.6 is 0 Å². The summed E-state index contributed by atoms with van der Waals surface area (Å²) in [5.74, 6) is 0.188. The van der Waals surface area contributed by atoms with Crippen molar-refractivity contribution in [2.45, 2.75) is 24.8 Å². The molecule has 3 amide bonds. The topological polar surface area (TPSA) is 126 Å². The Morgan fingerprint density at radius 1 is 1.23 bits per heavy atom. The first kappa shape index (κ1) is 19.7. The van der Waals surface area contributed by atoms with Gasteiger partial charge in [0.15, 0.2) is 0 Å². The molecule has 0 radical (unpaired) electrons. The summed E-state index contributed by atoms with van der Waals surface area (Å²) >= 11 is 0. The number of benzene rings is 1. The molecule has 0 aromatic heterocycles. The van der Waals surface area contributed by atoms with E-state index in [-0.39, 0.29) is 29.9 Å². The van der Waals surface area contributed by atoms with E-state index in [9.17, 15) is 18.0 Å². The lowest BCUT2D eigenvalue weighted by Gasteiger charge is -2.25. The molecule has 2 rings (SSSR count). The van der Waals surface area contributed by atoms with E-state index in [4.69, 9.17) is 4.74 Å². The van der Waals surface area contributed by atoms with Gasteiger partial charge in [0.1, 0.15) is 5.75 Å². The average molecular weight is 382 g/mol. The minimum Gasteiger partial charge on any atom is -0.497 e. The van der Waals surface area contributed by atoms with Crippen molar-refractivity contribution in [3.05, 3.63) is 35.5 Å². The smallest absolute Gasteiger partial charge is 0.319 e. The molecule has 1 aromatic carbocycles. The largest absolute Gasteiger partial charge is 0.497 e. The van der Waals surface area contributed by atoms with Crippen LogP contribution in [0.5, 0.6) is 5.75 Å². The zero-order chi connectivity index (χ0) is 19.3. The van der Waals surface area contributed by atoms with Crippen molar-refractivity contribution in [2.75, 3.05) is 20.2 Å². The fraction of sp³-hybridized carbons (Fsp3) is 0.375. The molecule has 1 heterocycles. The van der Waals surface area contributed by atoms with Crippen LogP contribution in [0, 0.1) is 0 Å². The van der Waals surface area contributed by atoms with Crippen LogP contribution < -0.4 is 25.4 Å². The van der Waals surface area contributed by atoms with Gasteiger partial charge in [0.05, 0.1) is 23.6 Å². The van der Waals surface area contributed by atoms with Crippen LogP contribution in [0.4, 0.5) is 4.79 Å². The first-order valence-electron chi connectivity index (χ1n) is 7.95. The van der Waals surface area contributed by atoms with Crippen LogP contribution in [0.15, 0.2) is 40.4 Å². The van der Waals surface area contributed by atoms with E-state index in [0.717, 1.165) is 0 Å². The van der Waals surface area contributed by atoms with Crippen LogP contribution in [-0.2, 0) is 14.8 Å². The second-order valence-electron chi connectivity index (χ2n) is 5.69. The molecule has 0 saturated carbocycles. The van der Waals surface area contributed by atoms with Gasteiger partial charge >= 0.3 is 6.03 Å². The van der Waals surface area contributed by atoms with Crippen LogP contribution in [0.3, 0.4) is 0 Å². The number of methoxy groups -OCH3 is 1. The molecule has 1 atom stereocenters. The van der Waals surface area contributed by atoms with Gasteiger partial charge in [-0.25, -0.2) is 17.9 Å². The second kappa shape index (κ2) is 8.19. The van der Waals surface area contributed by atoms with Crippen molar-refractivity contribution in [1.82, 2.24) is 20.7 Å². The number of hydrogen-bond donors (Lipinski definition) is 4. The Balaban J connectivity index is 1.88. The highest BCUT2D eigenvalue weighted by atomic mass is 32.2. The average Bonchev–Trinajstić information content (AvgIpc) is 2.58. The molecule has 142 valence electrons. The Morgan fingerprint density at radius 3 is 2.46 bits per heavy atom. The summed E-state index contributed by atoms with van der Waals surface area (Å²) in [4.78, 5) is 23.7. The molecule has 10 heteroatoms. The molecule has 4 N–H and O–H groups in total. The molecular formula is C16H22N4O5S. The van der Waals surface area contributed by atoms with Gasteiger partial charge in [-0.15, -0.1) is 0 Å². The van der Waals surface area contributed by atoms with Gasteiger partial charge in [-0.2, -0.15) is 0 Å². The molecule has 0 aliphatic carbocycles. The summed E-state index contributed by atoms with van der Waals surface area (Å²) in [6.45, 7) is 3.46. The number of hydrogen-bond acceptors (Lipinski definition) is 5. The molecule has 0 spiro atoms. The molecule has 1 aliphatic heterocycles. The van der Waals surface area contributed by atoms with Gasteiger partial charge in [-0.3, -0.25) is 4.79 Å². The third kappa shape index (κ3) is 4.73. The normalized spacial score (nSPS) is 17.3. The molecule has 0 bridgehead atoms. The van der Waals surface area contributed by atoms with E-state index < -0.39 is 16.1 Å². The molecule has 0 saturated heterocycles. The van der Waals surface area contributed by atoms with Gasteiger partial charge in [0, 0.05) is 18.8 Å². The minimum absolute atomic E-state index is 0.0284. The van der Waals surface area contributed by atoms with E-state index in [1.807, 2.05) is 0 Å².